The lowest BCUT2D eigenvalue weighted by atomic mass is 9.96. The van der Waals surface area contributed by atoms with Crippen LogP contribution in [-0.2, 0) is 30.3 Å². The number of phenols is 1. The van der Waals surface area contributed by atoms with Crippen LogP contribution in [0.25, 0.3) is 0 Å². The molecule has 2 rings (SSSR count). The number of carbonyl (C=O) groups excluding carboxylic acids is 4. The Morgan fingerprint density at radius 2 is 1.39 bits per heavy atom. The minimum atomic E-state index is -1.21. The summed E-state index contributed by atoms with van der Waals surface area (Å²) in [6, 6.07) is 11.7. The molecule has 0 fully saturated rings. The SMILES string of the molecule is CSCCC(NC(=O)OC(C)(C)C)C(=O)N(C(C)CCC(C)C)C(C(=O)NC(Cc1ccccc1)C(=O)OC(C)(C)C)c1ccc(O)cc1. The summed E-state index contributed by atoms with van der Waals surface area (Å²) in [4.78, 5) is 57.5. The second-order valence-electron chi connectivity index (χ2n) is 14.8. The molecule has 0 aromatic heterocycles. The first-order valence-electron chi connectivity index (χ1n) is 17.0. The van der Waals surface area contributed by atoms with E-state index in [0.29, 0.717) is 30.1 Å². The summed E-state index contributed by atoms with van der Waals surface area (Å²) in [6.45, 7) is 16.6. The van der Waals surface area contributed by atoms with Gasteiger partial charge in [0.2, 0.25) is 11.8 Å². The first-order chi connectivity index (χ1) is 22.8. The quantitative estimate of drug-likeness (QED) is 0.163. The first kappa shape index (κ1) is 41.4. The van der Waals surface area contributed by atoms with E-state index in [-0.39, 0.29) is 12.2 Å². The minimum Gasteiger partial charge on any atom is -0.508 e. The lowest BCUT2D eigenvalue weighted by Gasteiger charge is -2.39. The van der Waals surface area contributed by atoms with Gasteiger partial charge in [0.05, 0.1) is 0 Å². The van der Waals surface area contributed by atoms with Crippen LogP contribution in [0.2, 0.25) is 0 Å². The number of alkyl carbamates (subject to hydrolysis) is 1. The molecule has 4 atom stereocenters. The van der Waals surface area contributed by atoms with Gasteiger partial charge in [0.15, 0.2) is 0 Å². The predicted octanol–water partition coefficient (Wildman–Crippen LogP) is 6.80. The maximum Gasteiger partial charge on any atom is 0.408 e. The first-order valence-corrected chi connectivity index (χ1v) is 18.4. The van der Waals surface area contributed by atoms with E-state index in [1.165, 1.54) is 28.8 Å². The van der Waals surface area contributed by atoms with Crippen LogP contribution in [-0.4, -0.2) is 75.2 Å². The minimum absolute atomic E-state index is 0.00575. The lowest BCUT2D eigenvalue weighted by molar-refractivity contribution is -0.159. The van der Waals surface area contributed by atoms with Crippen molar-refractivity contribution < 1.29 is 33.8 Å². The Kier molecular flexibility index (Phi) is 16.0. The number of amides is 3. The standard InChI is InChI=1S/C38H57N3O7S/c1-25(2)16-17-26(3)41(34(44)30(22-23-49-10)40-36(46)48-38(7,8)9)32(28-18-20-29(42)21-19-28)33(43)39-31(35(45)47-37(4,5)6)24-27-14-12-11-13-15-27/h11-15,18-21,25-26,30-32,42H,16-17,22-24H2,1-10H3,(H,39,43)(H,40,46). The van der Waals surface area contributed by atoms with Crippen molar-refractivity contribution in [2.75, 3.05) is 12.0 Å². The Labute approximate surface area is 297 Å². The van der Waals surface area contributed by atoms with Crippen LogP contribution in [0.5, 0.6) is 5.75 Å². The van der Waals surface area contributed by atoms with E-state index in [0.717, 1.165) is 12.0 Å². The van der Waals surface area contributed by atoms with Crippen molar-refractivity contribution in [1.82, 2.24) is 15.5 Å². The zero-order valence-corrected chi connectivity index (χ0v) is 31.7. The summed E-state index contributed by atoms with van der Waals surface area (Å²) in [7, 11) is 0. The third-order valence-corrected chi connectivity index (χ3v) is 8.16. The van der Waals surface area contributed by atoms with Crippen LogP contribution in [0.4, 0.5) is 4.79 Å². The number of carbonyl (C=O) groups is 4. The molecule has 49 heavy (non-hydrogen) atoms. The number of nitrogens with zero attached hydrogens (tertiary/aromatic N) is 1. The van der Waals surface area contributed by atoms with Crippen LogP contribution in [0.1, 0.15) is 98.7 Å². The van der Waals surface area contributed by atoms with Crippen molar-refractivity contribution in [3.8, 4) is 5.75 Å². The molecule has 2 aromatic carbocycles. The number of nitrogens with one attached hydrogen (secondary N) is 2. The fourth-order valence-electron chi connectivity index (χ4n) is 5.20. The Morgan fingerprint density at radius 3 is 1.92 bits per heavy atom. The van der Waals surface area contributed by atoms with Crippen molar-refractivity contribution >= 4 is 35.6 Å². The van der Waals surface area contributed by atoms with E-state index in [1.54, 1.807) is 53.7 Å². The number of phenolic OH excluding ortho intramolecular Hbond substituents is 1. The number of hydrogen-bond donors (Lipinski definition) is 3. The van der Waals surface area contributed by atoms with Gasteiger partial charge >= 0.3 is 12.1 Å². The molecule has 0 heterocycles. The monoisotopic (exact) mass is 699 g/mol. The van der Waals surface area contributed by atoms with Gasteiger partial charge in [-0.05, 0) is 109 Å². The van der Waals surface area contributed by atoms with Gasteiger partial charge in [-0.3, -0.25) is 9.59 Å². The number of aromatic hydroxyl groups is 1. The van der Waals surface area contributed by atoms with E-state index in [4.69, 9.17) is 9.47 Å². The van der Waals surface area contributed by atoms with Gasteiger partial charge in [-0.15, -0.1) is 0 Å². The van der Waals surface area contributed by atoms with Gasteiger partial charge < -0.3 is 30.1 Å². The molecule has 4 unspecified atom stereocenters. The fraction of sp³-hybridized carbons (Fsp3) is 0.579. The summed E-state index contributed by atoms with van der Waals surface area (Å²) in [5.74, 6) is -0.772. The van der Waals surface area contributed by atoms with Gasteiger partial charge in [-0.1, -0.05) is 56.3 Å². The fourth-order valence-corrected chi connectivity index (χ4v) is 5.67. The molecule has 0 spiro atoms. The Balaban J connectivity index is 2.69. The third kappa shape index (κ3) is 14.7. The van der Waals surface area contributed by atoms with Gasteiger partial charge in [-0.2, -0.15) is 11.8 Å². The lowest BCUT2D eigenvalue weighted by Crippen LogP contribution is -2.57. The smallest absolute Gasteiger partial charge is 0.408 e. The van der Waals surface area contributed by atoms with Gasteiger partial charge in [0, 0.05) is 12.5 Å². The molecule has 10 nitrogen and oxygen atoms in total. The van der Waals surface area contributed by atoms with E-state index in [2.05, 4.69) is 24.5 Å². The molecule has 0 bridgehead atoms. The van der Waals surface area contributed by atoms with Crippen LogP contribution in [0.3, 0.4) is 0 Å². The molecule has 3 N–H and O–H groups in total. The summed E-state index contributed by atoms with van der Waals surface area (Å²) < 4.78 is 11.2. The molecule has 2 aromatic rings. The Hall–Kier alpha value is -3.73. The van der Waals surface area contributed by atoms with E-state index < -0.39 is 59.2 Å². The highest BCUT2D eigenvalue weighted by Crippen LogP contribution is 2.30. The van der Waals surface area contributed by atoms with Crippen molar-refractivity contribution in [2.24, 2.45) is 5.92 Å². The molecule has 0 aliphatic carbocycles. The van der Waals surface area contributed by atoms with Gasteiger partial charge in [-0.25, -0.2) is 9.59 Å². The van der Waals surface area contributed by atoms with Crippen molar-refractivity contribution in [2.45, 2.75) is 123 Å². The second-order valence-corrected chi connectivity index (χ2v) is 15.8. The van der Waals surface area contributed by atoms with Crippen molar-refractivity contribution in [3.05, 3.63) is 65.7 Å². The van der Waals surface area contributed by atoms with Crippen LogP contribution in [0.15, 0.2) is 54.6 Å². The normalized spacial score (nSPS) is 14.3. The van der Waals surface area contributed by atoms with Crippen LogP contribution in [0, 0.1) is 5.92 Å². The molecule has 0 aliphatic rings. The third-order valence-electron chi connectivity index (χ3n) is 7.52. The molecule has 11 heteroatoms. The average molecular weight is 700 g/mol. The molecular weight excluding hydrogens is 642 g/mol. The maximum atomic E-state index is 14.7. The van der Waals surface area contributed by atoms with E-state index in [9.17, 15) is 24.3 Å². The molecule has 0 aliphatic heterocycles. The predicted molar refractivity (Wildman–Crippen MR) is 195 cm³/mol. The van der Waals surface area contributed by atoms with Gasteiger partial charge in [0.1, 0.15) is 35.1 Å². The number of benzene rings is 2. The number of ether oxygens (including phenoxy) is 2. The molecule has 272 valence electrons. The number of esters is 1. The highest BCUT2D eigenvalue weighted by molar-refractivity contribution is 7.98. The highest BCUT2D eigenvalue weighted by atomic mass is 32.2. The average Bonchev–Trinajstić information content (AvgIpc) is 2.99. The summed E-state index contributed by atoms with van der Waals surface area (Å²) in [5, 5.41) is 15.8. The summed E-state index contributed by atoms with van der Waals surface area (Å²) >= 11 is 1.53. The van der Waals surface area contributed by atoms with Crippen molar-refractivity contribution in [3.63, 3.8) is 0 Å². The zero-order chi connectivity index (χ0) is 36.9. The molecule has 0 saturated heterocycles. The zero-order valence-electron chi connectivity index (χ0n) is 30.9. The van der Waals surface area contributed by atoms with Crippen molar-refractivity contribution in [1.29, 1.82) is 0 Å². The highest BCUT2D eigenvalue weighted by Gasteiger charge is 2.40. The van der Waals surface area contributed by atoms with Crippen LogP contribution >= 0.6 is 11.8 Å². The number of rotatable bonds is 16. The van der Waals surface area contributed by atoms with Crippen LogP contribution < -0.4 is 10.6 Å². The molecule has 0 radical (unpaired) electrons. The Morgan fingerprint density at radius 1 is 0.796 bits per heavy atom. The Bertz CT molecular complexity index is 1350. The van der Waals surface area contributed by atoms with Gasteiger partial charge in [0.25, 0.3) is 0 Å². The molecule has 0 saturated carbocycles. The topological polar surface area (TPSA) is 134 Å². The molecule has 3 amide bonds. The maximum absolute atomic E-state index is 14.7. The second kappa shape index (κ2) is 18.9. The summed E-state index contributed by atoms with van der Waals surface area (Å²) in [5.41, 5.74) is -0.343. The van der Waals surface area contributed by atoms with E-state index >= 15 is 0 Å². The molecular formula is C38H57N3O7S. The number of thioether (sulfide) groups is 1. The number of hydrogen-bond acceptors (Lipinski definition) is 8. The largest absolute Gasteiger partial charge is 0.508 e. The van der Waals surface area contributed by atoms with E-state index in [1.807, 2.05) is 43.5 Å². The summed E-state index contributed by atoms with van der Waals surface area (Å²) in [6.07, 6.45) is 2.99.